The average molecular weight is 2080 g/mol. The third-order valence-electron chi connectivity index (χ3n) is 25.1. The van der Waals surface area contributed by atoms with Crippen molar-refractivity contribution in [3.8, 4) is 0 Å². The van der Waals surface area contributed by atoms with Crippen LogP contribution in [0.25, 0.3) is 0 Å². The Labute approximate surface area is 875 Å². The number of carbonyl (C=O) groups is 10. The van der Waals surface area contributed by atoms with Gasteiger partial charge in [-0.05, 0) is 60.9 Å². The summed E-state index contributed by atoms with van der Waals surface area (Å²) in [6, 6.07) is 0. The number of unbranched alkanes of at least 4 members (excludes halogenated alkanes) is 45. The molecule has 24 nitrogen and oxygen atoms in total. The van der Waals surface area contributed by atoms with E-state index in [1.807, 2.05) is 44.4 Å². The molecule has 0 bridgehead atoms. The smallest absolute Gasteiger partial charge is 0.309 e. The van der Waals surface area contributed by atoms with Crippen molar-refractivity contribution in [2.24, 2.45) is 29.6 Å². The van der Waals surface area contributed by atoms with Crippen LogP contribution in [0.3, 0.4) is 0 Å². The number of carbonyl (C=O) groups excluding carboxylic acids is 10. The number of nitrogens with zero attached hydrogens (tertiary/aromatic N) is 3. The molecule has 0 aliphatic carbocycles. The topological polar surface area (TPSA) is 285 Å². The highest BCUT2D eigenvalue weighted by atomic mass is 32.2. The lowest BCUT2D eigenvalue weighted by Crippen LogP contribution is -2.44. The Morgan fingerprint density at radius 2 is 0.350 bits per heavy atom. The van der Waals surface area contributed by atoms with Crippen LogP contribution in [-0.2, 0) is 95.3 Å². The Kier molecular flexibility index (Phi) is 102. The monoisotopic (exact) mass is 2080 g/mol. The molecule has 0 spiro atoms. The fourth-order valence-corrected chi connectivity index (χ4v) is 21.1. The first kappa shape index (κ1) is 136. The van der Waals surface area contributed by atoms with Crippen molar-refractivity contribution in [3.05, 3.63) is 0 Å². The summed E-state index contributed by atoms with van der Waals surface area (Å²) in [6.07, 6.45) is 63.2. The van der Waals surface area contributed by atoms with Gasteiger partial charge in [0.2, 0.25) is 0 Å². The van der Waals surface area contributed by atoms with E-state index >= 15 is 0 Å². The number of nitrogens with one attached hydrogen (secondary N) is 1. The first-order valence-electron chi connectivity index (χ1n) is 56.6. The third kappa shape index (κ3) is 94.0. The molecule has 0 aromatic rings. The minimum absolute atomic E-state index is 0.0425. The van der Waals surface area contributed by atoms with Gasteiger partial charge >= 0.3 is 59.7 Å². The molecule has 0 radical (unpaired) electrons. The summed E-state index contributed by atoms with van der Waals surface area (Å²) in [5.41, 5.74) is 0. The van der Waals surface area contributed by atoms with E-state index in [1.165, 1.54) is 289 Å². The van der Waals surface area contributed by atoms with Crippen LogP contribution in [0.5, 0.6) is 0 Å². The largest absolute Gasteiger partial charge is 0.462 e. The van der Waals surface area contributed by atoms with Crippen LogP contribution in [0.4, 0.5) is 0 Å². The number of hydrogen-bond donors (Lipinski definition) is 1. The minimum Gasteiger partial charge on any atom is -0.462 e. The lowest BCUT2D eigenvalue weighted by Gasteiger charge is -2.30. The van der Waals surface area contributed by atoms with Crippen LogP contribution in [0.15, 0.2) is 0 Å². The molecule has 29 heteroatoms. The van der Waals surface area contributed by atoms with Gasteiger partial charge in [0.05, 0.1) is 61.7 Å². The number of rotatable bonds is 109. The number of hydrogen-bond acceptors (Lipinski definition) is 29. The van der Waals surface area contributed by atoms with Gasteiger partial charge in [0.15, 0.2) is 0 Å². The van der Waals surface area contributed by atoms with E-state index < -0.39 is 29.8 Å². The summed E-state index contributed by atoms with van der Waals surface area (Å²) in [5, 5.41) is 3.38. The first-order valence-corrected chi connectivity index (χ1v) is 62.4. The molecule has 5 unspecified atom stereocenters. The molecular weight excluding hydrogens is 1870 g/mol. The fraction of sp³-hybridized carbons (Fsp3) is 0.910. The van der Waals surface area contributed by atoms with Crippen molar-refractivity contribution in [2.45, 2.75) is 422 Å². The van der Waals surface area contributed by atoms with E-state index in [-0.39, 0.29) is 190 Å². The van der Waals surface area contributed by atoms with Gasteiger partial charge < -0.3 is 62.5 Å². The Balaban J connectivity index is 6.65. The van der Waals surface area contributed by atoms with Crippen LogP contribution in [0.2, 0.25) is 0 Å². The molecule has 0 saturated heterocycles. The second-order valence-electron chi connectivity index (χ2n) is 38.8. The highest BCUT2D eigenvalue weighted by Gasteiger charge is 2.24. The van der Waals surface area contributed by atoms with Crippen molar-refractivity contribution < 1.29 is 95.3 Å². The summed E-state index contributed by atoms with van der Waals surface area (Å²) < 4.78 is 55.8. The number of esters is 10. The summed E-state index contributed by atoms with van der Waals surface area (Å²) in [5.74, 6) is 2.38. The third-order valence-corrected chi connectivity index (χ3v) is 31.7. The van der Waals surface area contributed by atoms with E-state index in [4.69, 9.17) is 47.4 Å². The van der Waals surface area contributed by atoms with Crippen molar-refractivity contribution in [1.82, 2.24) is 20.0 Å². The molecule has 5 atom stereocenters. The van der Waals surface area contributed by atoms with Gasteiger partial charge in [-0.2, -0.15) is 58.8 Å². The number of ether oxygens (including phenoxy) is 10. The lowest BCUT2D eigenvalue weighted by molar-refractivity contribution is -0.154. The van der Waals surface area contributed by atoms with Crippen molar-refractivity contribution in [1.29, 1.82) is 0 Å². The van der Waals surface area contributed by atoms with E-state index in [9.17, 15) is 47.9 Å². The standard InChI is InChI=1S/C111H208N4O20S5/c1-11-16-21-26-31-36-41-46-51-56-87-136-92-97(6)107(121)131-82-77-126-102(116)61-66-112-67-72-115(75-73-113(68-62-103(117)127-78-83-132-108(122)98(7)93-137-88-57-52-47-42-37-32-27-22-17-12-2)69-63-104(118)128-79-84-133-109(123)99(8)94-138-89-58-53-48-43-38-33-28-23-18-13-3)76-74-114(70-64-105(119)129-80-85-134-110(124)100(9)95-139-90-59-54-49-44-39-34-29-24-19-14-4)71-65-106(120)130-81-86-135-111(125)101(10)96-140-91-60-55-50-45-40-35-30-25-20-15-5/h97-101,112H,11-96H2,1-10H3. The molecule has 0 heterocycles. The molecule has 0 rings (SSSR count). The molecule has 822 valence electrons. The summed E-state index contributed by atoms with van der Waals surface area (Å²) in [7, 11) is 0. The van der Waals surface area contributed by atoms with E-state index in [0.29, 0.717) is 68.0 Å². The highest BCUT2D eigenvalue weighted by molar-refractivity contribution is 8.00. The Hall–Kier alpha value is -3.71. The van der Waals surface area contributed by atoms with Gasteiger partial charge in [-0.3, -0.25) is 52.8 Å². The maximum atomic E-state index is 13.6. The Morgan fingerprint density at radius 3 is 0.536 bits per heavy atom. The molecular formula is C111H208N4O20S5. The van der Waals surface area contributed by atoms with Crippen LogP contribution < -0.4 is 5.32 Å². The zero-order valence-corrected chi connectivity index (χ0v) is 94.8. The van der Waals surface area contributed by atoms with Gasteiger partial charge in [-0.1, -0.05) is 358 Å². The van der Waals surface area contributed by atoms with Gasteiger partial charge in [-0.25, -0.2) is 0 Å². The molecule has 140 heavy (non-hydrogen) atoms. The Morgan fingerprint density at radius 1 is 0.193 bits per heavy atom. The summed E-state index contributed by atoms with van der Waals surface area (Å²) >= 11 is 8.80. The normalized spacial score (nSPS) is 12.6. The molecule has 0 aromatic heterocycles. The zero-order chi connectivity index (χ0) is 103. The van der Waals surface area contributed by atoms with Crippen molar-refractivity contribution in [3.63, 3.8) is 0 Å². The predicted molar refractivity (Wildman–Crippen MR) is 587 cm³/mol. The van der Waals surface area contributed by atoms with Gasteiger partial charge in [0.25, 0.3) is 0 Å². The van der Waals surface area contributed by atoms with Crippen LogP contribution >= 0.6 is 58.8 Å². The quantitative estimate of drug-likeness (QED) is 0.0336. The number of thioether (sulfide) groups is 5. The fourth-order valence-electron chi connectivity index (χ4n) is 15.8. The predicted octanol–water partition coefficient (Wildman–Crippen LogP) is 25.3. The molecule has 1 N–H and O–H groups in total. The molecule has 0 fully saturated rings. The van der Waals surface area contributed by atoms with Gasteiger partial charge in [0.1, 0.15) is 66.1 Å². The van der Waals surface area contributed by atoms with E-state index in [1.54, 1.807) is 58.8 Å². The maximum absolute atomic E-state index is 13.6. The first-order chi connectivity index (χ1) is 68.2. The van der Waals surface area contributed by atoms with Crippen LogP contribution in [0, 0.1) is 29.6 Å². The maximum Gasteiger partial charge on any atom is 0.309 e. The van der Waals surface area contributed by atoms with Crippen LogP contribution in [0.1, 0.15) is 422 Å². The lowest BCUT2D eigenvalue weighted by atomic mass is 10.1. The SMILES string of the molecule is CCCCCCCCCCCCSCC(C)C(=O)OCCOC(=O)CCNCCN(CCN(CCC(=O)OCCOC(=O)C(C)CSCCCCCCCCCCCC)CCC(=O)OCCOC(=O)C(C)CSCCCCCCCCCCCC)CCN(CCC(=O)OCCOC(=O)C(C)CSCCCCCCCCCCCC)CCC(=O)OCCOC(=O)C(C)CSCCCCCCCCCCCC. The Bertz CT molecular complexity index is 2610. The summed E-state index contributed by atoms with van der Waals surface area (Å²) in [4.78, 5) is 139. The second kappa shape index (κ2) is 105. The van der Waals surface area contributed by atoms with Gasteiger partial charge in [-0.15, -0.1) is 0 Å². The molecule has 0 saturated carbocycles. The average Bonchev–Trinajstić information content (AvgIpc) is 0.898. The van der Waals surface area contributed by atoms with Crippen LogP contribution in [-0.4, -0.2) is 270 Å². The van der Waals surface area contributed by atoms with Crippen molar-refractivity contribution >= 4 is 119 Å². The van der Waals surface area contributed by atoms with E-state index in [0.717, 1.165) is 60.9 Å². The summed E-state index contributed by atoms with van der Waals surface area (Å²) in [6.45, 7) is 22.8. The highest BCUT2D eigenvalue weighted by Crippen LogP contribution is 2.23. The van der Waals surface area contributed by atoms with E-state index in [2.05, 4.69) is 44.8 Å². The minimum atomic E-state index is -0.519. The molecule has 0 aliphatic heterocycles. The van der Waals surface area contributed by atoms with Gasteiger partial charge in [0, 0.05) is 101 Å². The second-order valence-corrected chi connectivity index (χ2v) is 44.5. The molecule has 0 aromatic carbocycles. The van der Waals surface area contributed by atoms with Crippen molar-refractivity contribution in [2.75, 3.05) is 196 Å². The zero-order valence-electron chi connectivity index (χ0n) is 90.7. The molecule has 0 aliphatic rings. The molecule has 0 amide bonds.